The Kier molecular flexibility index (Phi) is 5.68. The molecule has 1 fully saturated rings. The van der Waals surface area contributed by atoms with E-state index in [4.69, 9.17) is 14.2 Å². The summed E-state index contributed by atoms with van der Waals surface area (Å²) in [6, 6.07) is 13.1. The number of rotatable bonds is 5. The first-order valence-corrected chi connectivity index (χ1v) is 10.8. The molecular formula is C24H26N4O4. The Morgan fingerprint density at radius 2 is 2.09 bits per heavy atom. The maximum Gasteiger partial charge on any atom is 0.269 e. The minimum Gasteiger partial charge on any atom is -0.487 e. The van der Waals surface area contributed by atoms with Crippen LogP contribution in [0, 0.1) is 0 Å². The molecule has 1 aromatic heterocycles. The highest BCUT2D eigenvalue weighted by Crippen LogP contribution is 2.34. The zero-order valence-corrected chi connectivity index (χ0v) is 17.9. The van der Waals surface area contributed by atoms with E-state index in [0.717, 1.165) is 37.1 Å². The number of nitrogens with one attached hydrogen (secondary N) is 2. The fraction of sp³-hybridized carbons (Fsp3) is 0.333. The van der Waals surface area contributed by atoms with Gasteiger partial charge >= 0.3 is 0 Å². The average molecular weight is 434 g/mol. The summed E-state index contributed by atoms with van der Waals surface area (Å²) in [7, 11) is 2.10. The van der Waals surface area contributed by atoms with Gasteiger partial charge in [0, 0.05) is 18.3 Å². The first-order valence-electron chi connectivity index (χ1n) is 10.8. The maximum atomic E-state index is 13.0. The third kappa shape index (κ3) is 4.40. The van der Waals surface area contributed by atoms with Crippen molar-refractivity contribution in [3.05, 3.63) is 54.9 Å². The van der Waals surface area contributed by atoms with Crippen molar-refractivity contribution < 1.29 is 19.0 Å². The first kappa shape index (κ1) is 20.4. The van der Waals surface area contributed by atoms with Crippen LogP contribution in [0.2, 0.25) is 0 Å². The summed E-state index contributed by atoms with van der Waals surface area (Å²) in [5, 5.41) is 9.85. The molecule has 1 amide bonds. The van der Waals surface area contributed by atoms with Crippen LogP contribution in [0.1, 0.15) is 12.8 Å². The number of aromatic amines is 1. The van der Waals surface area contributed by atoms with Crippen LogP contribution >= 0.6 is 0 Å². The smallest absolute Gasteiger partial charge is 0.269 e. The highest BCUT2D eigenvalue weighted by molar-refractivity contribution is 5.96. The summed E-state index contributed by atoms with van der Waals surface area (Å²) in [6.07, 6.45) is 4.96. The average Bonchev–Trinajstić information content (AvgIpc) is 3.35. The number of carbonyl (C=O) groups excluding carboxylic acids is 1. The molecule has 0 aliphatic carbocycles. The van der Waals surface area contributed by atoms with Crippen LogP contribution in [0.15, 0.2) is 54.9 Å². The van der Waals surface area contributed by atoms with Gasteiger partial charge in [-0.1, -0.05) is 18.2 Å². The Balaban J connectivity index is 1.36. The van der Waals surface area contributed by atoms with Crippen LogP contribution in [-0.2, 0) is 4.79 Å². The lowest BCUT2D eigenvalue weighted by Gasteiger charge is -2.31. The largest absolute Gasteiger partial charge is 0.487 e. The van der Waals surface area contributed by atoms with Crippen molar-refractivity contribution in [1.29, 1.82) is 0 Å². The molecule has 32 heavy (non-hydrogen) atoms. The van der Waals surface area contributed by atoms with Crippen molar-refractivity contribution >= 4 is 11.6 Å². The van der Waals surface area contributed by atoms with Crippen molar-refractivity contribution in [2.45, 2.75) is 25.0 Å². The van der Waals surface area contributed by atoms with Gasteiger partial charge in [0.25, 0.3) is 5.91 Å². The second-order valence-corrected chi connectivity index (χ2v) is 8.20. The van der Waals surface area contributed by atoms with Crippen molar-refractivity contribution in [2.75, 3.05) is 32.1 Å². The summed E-state index contributed by atoms with van der Waals surface area (Å²) in [4.78, 5) is 15.3. The lowest BCUT2D eigenvalue weighted by molar-refractivity contribution is -0.125. The molecule has 166 valence electrons. The number of carbonyl (C=O) groups is 1. The van der Waals surface area contributed by atoms with Crippen LogP contribution < -0.4 is 19.5 Å². The lowest BCUT2D eigenvalue weighted by Crippen LogP contribution is -2.40. The molecule has 2 aromatic carbocycles. The second kappa shape index (κ2) is 8.92. The van der Waals surface area contributed by atoms with E-state index in [1.807, 2.05) is 42.6 Å². The summed E-state index contributed by atoms with van der Waals surface area (Å²) >= 11 is 0. The van der Waals surface area contributed by atoms with Gasteiger partial charge in [-0.15, -0.1) is 0 Å². The number of hydrogen-bond donors (Lipinski definition) is 2. The first-order chi connectivity index (χ1) is 15.7. The summed E-state index contributed by atoms with van der Waals surface area (Å²) in [5.74, 6) is 1.57. The van der Waals surface area contributed by atoms with Gasteiger partial charge in [-0.05, 0) is 56.3 Å². The van der Waals surface area contributed by atoms with E-state index in [1.165, 1.54) is 0 Å². The molecule has 3 aromatic rings. The second-order valence-electron chi connectivity index (χ2n) is 8.20. The molecule has 2 atom stereocenters. The Labute approximate surface area is 186 Å². The molecule has 8 heteroatoms. The number of nitrogens with zero attached hydrogens (tertiary/aromatic N) is 2. The van der Waals surface area contributed by atoms with E-state index in [2.05, 4.69) is 27.5 Å². The number of amides is 1. The quantitative estimate of drug-likeness (QED) is 0.640. The van der Waals surface area contributed by atoms with Gasteiger partial charge in [0.15, 0.2) is 11.5 Å². The zero-order valence-electron chi connectivity index (χ0n) is 17.9. The minimum atomic E-state index is -0.743. The molecule has 0 spiro atoms. The number of benzene rings is 2. The van der Waals surface area contributed by atoms with Gasteiger partial charge < -0.3 is 24.4 Å². The number of fused-ring (bicyclic) bond motifs is 1. The van der Waals surface area contributed by atoms with E-state index in [0.29, 0.717) is 22.9 Å². The summed E-state index contributed by atoms with van der Waals surface area (Å²) in [5.41, 5.74) is 2.52. The third-order valence-corrected chi connectivity index (χ3v) is 5.75. The summed E-state index contributed by atoms with van der Waals surface area (Å²) < 4.78 is 17.9. The Morgan fingerprint density at radius 3 is 2.91 bits per heavy atom. The number of aromatic nitrogens is 2. The van der Waals surface area contributed by atoms with Crippen LogP contribution in [0.4, 0.5) is 5.69 Å². The SMILES string of the molecule is CN1CCCC(Oc2cc(-c3cn[nH]c3)ccc2NC(=O)C2COc3ccccc3O2)C1. The molecule has 2 aliphatic rings. The Morgan fingerprint density at radius 1 is 1.22 bits per heavy atom. The van der Waals surface area contributed by atoms with Gasteiger partial charge in [-0.3, -0.25) is 9.89 Å². The topological polar surface area (TPSA) is 88.7 Å². The molecular weight excluding hydrogens is 408 g/mol. The monoisotopic (exact) mass is 434 g/mol. The van der Waals surface area contributed by atoms with E-state index in [1.54, 1.807) is 12.3 Å². The molecule has 0 bridgehead atoms. The van der Waals surface area contributed by atoms with Gasteiger partial charge in [-0.25, -0.2) is 0 Å². The Bertz CT molecular complexity index is 1090. The number of likely N-dealkylation sites (N-methyl/N-ethyl adjacent to an activating group) is 1. The fourth-order valence-corrected chi connectivity index (χ4v) is 4.07. The van der Waals surface area contributed by atoms with Gasteiger partial charge in [0.1, 0.15) is 18.5 Å². The van der Waals surface area contributed by atoms with Crippen molar-refractivity contribution in [2.24, 2.45) is 0 Å². The van der Waals surface area contributed by atoms with E-state index in [-0.39, 0.29) is 18.6 Å². The lowest BCUT2D eigenvalue weighted by atomic mass is 10.1. The highest BCUT2D eigenvalue weighted by Gasteiger charge is 2.28. The number of hydrogen-bond acceptors (Lipinski definition) is 6. The number of piperidine rings is 1. The van der Waals surface area contributed by atoms with E-state index < -0.39 is 6.10 Å². The van der Waals surface area contributed by atoms with Crippen LogP contribution in [0.25, 0.3) is 11.1 Å². The number of para-hydroxylation sites is 2. The molecule has 8 nitrogen and oxygen atoms in total. The van der Waals surface area contributed by atoms with Crippen LogP contribution in [-0.4, -0.2) is 60.0 Å². The molecule has 2 unspecified atom stereocenters. The van der Waals surface area contributed by atoms with Crippen molar-refractivity contribution in [3.8, 4) is 28.4 Å². The molecule has 5 rings (SSSR count). The number of ether oxygens (including phenoxy) is 3. The minimum absolute atomic E-state index is 0.0603. The molecule has 2 aliphatic heterocycles. The van der Waals surface area contributed by atoms with Crippen LogP contribution in [0.5, 0.6) is 17.2 Å². The molecule has 0 saturated carbocycles. The number of anilines is 1. The fourth-order valence-electron chi connectivity index (χ4n) is 4.07. The molecule has 1 saturated heterocycles. The van der Waals surface area contributed by atoms with Gasteiger partial charge in [0.05, 0.1) is 11.9 Å². The Hall–Kier alpha value is -3.52. The maximum absolute atomic E-state index is 13.0. The molecule has 2 N–H and O–H groups in total. The summed E-state index contributed by atoms with van der Waals surface area (Å²) in [6.45, 7) is 2.07. The molecule has 0 radical (unpaired) electrons. The number of H-pyrrole nitrogens is 1. The predicted octanol–water partition coefficient (Wildman–Crippen LogP) is 3.33. The number of likely N-dealkylation sites (tertiary alicyclic amines) is 1. The van der Waals surface area contributed by atoms with Crippen molar-refractivity contribution in [1.82, 2.24) is 15.1 Å². The standard InChI is InChI=1S/C24H26N4O4/c1-28-10-4-5-18(14-28)31-22-11-16(17-12-25-26-13-17)8-9-19(22)27-24(29)23-15-30-20-6-2-3-7-21(20)32-23/h2-3,6-9,11-13,18,23H,4-5,10,14-15H2,1H3,(H,25,26)(H,27,29). The van der Waals surface area contributed by atoms with Crippen molar-refractivity contribution in [3.63, 3.8) is 0 Å². The predicted molar refractivity (Wildman–Crippen MR) is 120 cm³/mol. The molecule has 3 heterocycles. The van der Waals surface area contributed by atoms with Crippen LogP contribution in [0.3, 0.4) is 0 Å². The van der Waals surface area contributed by atoms with Gasteiger partial charge in [0.2, 0.25) is 6.10 Å². The van der Waals surface area contributed by atoms with E-state index >= 15 is 0 Å². The highest BCUT2D eigenvalue weighted by atomic mass is 16.6. The zero-order chi connectivity index (χ0) is 21.9. The van der Waals surface area contributed by atoms with E-state index in [9.17, 15) is 4.79 Å². The normalized spacial score (nSPS) is 20.5. The van der Waals surface area contributed by atoms with Gasteiger partial charge in [-0.2, -0.15) is 5.10 Å². The third-order valence-electron chi connectivity index (χ3n) is 5.75.